The van der Waals surface area contributed by atoms with Gasteiger partial charge in [-0.3, -0.25) is 0 Å². The van der Waals surface area contributed by atoms with E-state index >= 15 is 0 Å². The quantitative estimate of drug-likeness (QED) is 0.0544. The molecule has 3 rings (SSSR count). The molecule has 3 aromatic rings. The molecule has 4 atom stereocenters. The van der Waals surface area contributed by atoms with Crippen LogP contribution < -0.4 is 18.9 Å². The van der Waals surface area contributed by atoms with Gasteiger partial charge in [0, 0.05) is 31.2 Å². The third-order valence-corrected chi connectivity index (χ3v) is 14.4. The van der Waals surface area contributed by atoms with E-state index in [2.05, 4.69) is 188 Å². The van der Waals surface area contributed by atoms with Gasteiger partial charge in [-0.15, -0.1) is 0 Å². The summed E-state index contributed by atoms with van der Waals surface area (Å²) in [6.45, 7) is 30.7. The zero-order valence-electron chi connectivity index (χ0n) is 45.1. The fourth-order valence-corrected chi connectivity index (χ4v) is 9.24. The second-order valence-corrected chi connectivity index (χ2v) is 24.1. The molecule has 0 N–H and O–H groups in total. The molecule has 4 unspecified atom stereocenters. The molecule has 0 radical (unpaired) electrons. The normalized spacial score (nSPS) is 13.9. The third kappa shape index (κ3) is 26.0. The smallest absolute Gasteiger partial charge is 0.127 e. The molecule has 4 nitrogen and oxygen atoms in total. The molecule has 0 aromatic heterocycles. The minimum Gasteiger partial charge on any atom is -0.493 e. The van der Waals surface area contributed by atoms with Gasteiger partial charge in [0.25, 0.3) is 0 Å². The lowest BCUT2D eigenvalue weighted by Crippen LogP contribution is -2.08. The highest BCUT2D eigenvalue weighted by Crippen LogP contribution is 2.36. The predicted molar refractivity (Wildman–Crippen MR) is 304 cm³/mol. The average molecular weight is 1070 g/mol. The molecule has 0 spiro atoms. The Labute approximate surface area is 434 Å². The molecular weight excluding hydrogens is 968 g/mol. The molecule has 0 aliphatic rings. The fourth-order valence-electron chi connectivity index (χ4n) is 8.56. The van der Waals surface area contributed by atoms with Crippen molar-refractivity contribution in [3.05, 3.63) is 79.7 Å². The van der Waals surface area contributed by atoms with E-state index in [-0.39, 0.29) is 0 Å². The zero-order chi connectivity index (χ0) is 49.8. The van der Waals surface area contributed by atoms with Crippen molar-refractivity contribution in [3.8, 4) is 23.0 Å². The van der Waals surface area contributed by atoms with Gasteiger partial charge in [-0.1, -0.05) is 228 Å². The predicted octanol–water partition coefficient (Wildman–Crippen LogP) is 20.5. The maximum Gasteiger partial charge on any atom is 0.127 e. The summed E-state index contributed by atoms with van der Waals surface area (Å²) in [7, 11) is 0. The summed E-state index contributed by atoms with van der Waals surface area (Å²) in [4.78, 5) is 0. The van der Waals surface area contributed by atoms with E-state index in [0.29, 0.717) is 50.1 Å². The van der Waals surface area contributed by atoms with Crippen LogP contribution in [0, 0.1) is 47.3 Å². The van der Waals surface area contributed by atoms with Crippen LogP contribution in [0.5, 0.6) is 23.0 Å². The Balaban J connectivity index is 2.00. The van der Waals surface area contributed by atoms with E-state index in [9.17, 15) is 0 Å². The standard InChI is InChI=1S/C62H96Br2O4/c1-45(2)17-13-21-49(9)33-37-65-59-41-56(28-26-54-30-32-58(64)44-62(54)68-40-36-52(12)24-16-20-48(7)8)60(66-38-34-50(10)22-14-18-46(3)4)42-55(59)27-25-53-29-31-57(63)43-61(53)67-39-35-51(11)23-15-19-47(5)6/h25-32,41-52H,13-24,33-40H2,1-12H3. The summed E-state index contributed by atoms with van der Waals surface area (Å²) in [6.07, 6.45) is 28.0. The van der Waals surface area contributed by atoms with Gasteiger partial charge >= 0.3 is 0 Å². The summed E-state index contributed by atoms with van der Waals surface area (Å²) in [5, 5.41) is 0. The van der Waals surface area contributed by atoms with E-state index in [4.69, 9.17) is 18.9 Å². The first kappa shape index (κ1) is 59.6. The SMILES string of the molecule is CC(C)CCCC(C)CCOc1cc(Br)ccc1C=Cc1cc(OCCC(C)CCCC(C)C)c(C=Cc2ccc(Br)cc2OCCC(C)CCCC(C)C)cc1OCCC(C)CCCC(C)C. The number of rotatable bonds is 36. The van der Waals surface area contributed by atoms with Crippen molar-refractivity contribution in [1.29, 1.82) is 0 Å². The summed E-state index contributed by atoms with van der Waals surface area (Å²) in [6, 6.07) is 17.1. The van der Waals surface area contributed by atoms with E-state index in [0.717, 1.165) is 104 Å². The molecule has 0 aliphatic carbocycles. The molecule has 0 fully saturated rings. The van der Waals surface area contributed by atoms with E-state index in [1.165, 1.54) is 77.0 Å². The summed E-state index contributed by atoms with van der Waals surface area (Å²) >= 11 is 7.44. The Morgan fingerprint density at radius 1 is 0.324 bits per heavy atom. The number of hydrogen-bond acceptors (Lipinski definition) is 4. The van der Waals surface area contributed by atoms with Crippen molar-refractivity contribution in [2.45, 2.75) is 186 Å². The van der Waals surface area contributed by atoms with Crippen LogP contribution in [0.25, 0.3) is 24.3 Å². The monoisotopic (exact) mass is 1060 g/mol. The number of hydrogen-bond donors (Lipinski definition) is 0. The van der Waals surface area contributed by atoms with Gasteiger partial charge in [-0.05, 0) is 109 Å². The molecule has 6 heteroatoms. The topological polar surface area (TPSA) is 36.9 Å². The van der Waals surface area contributed by atoms with Crippen LogP contribution in [0.3, 0.4) is 0 Å². The lowest BCUT2D eigenvalue weighted by molar-refractivity contribution is 0.268. The molecule has 0 amide bonds. The maximum atomic E-state index is 6.81. The number of ether oxygens (including phenoxy) is 4. The maximum absolute atomic E-state index is 6.81. The highest BCUT2D eigenvalue weighted by atomic mass is 79.9. The Bertz CT molecular complexity index is 1740. The van der Waals surface area contributed by atoms with E-state index in [1.54, 1.807) is 0 Å². The second-order valence-electron chi connectivity index (χ2n) is 22.2. The van der Waals surface area contributed by atoms with Crippen LogP contribution in [0.1, 0.15) is 208 Å². The third-order valence-electron chi connectivity index (χ3n) is 13.4. The molecule has 68 heavy (non-hydrogen) atoms. The average Bonchev–Trinajstić information content (AvgIpc) is 3.26. The molecule has 0 bridgehead atoms. The largest absolute Gasteiger partial charge is 0.493 e. The zero-order valence-corrected chi connectivity index (χ0v) is 48.3. The first-order valence-corrected chi connectivity index (χ1v) is 28.7. The van der Waals surface area contributed by atoms with Gasteiger partial charge in [-0.25, -0.2) is 0 Å². The van der Waals surface area contributed by atoms with Gasteiger partial charge in [0.1, 0.15) is 23.0 Å². The van der Waals surface area contributed by atoms with Gasteiger partial charge in [-0.2, -0.15) is 0 Å². The van der Waals surface area contributed by atoms with Crippen LogP contribution in [0.4, 0.5) is 0 Å². The van der Waals surface area contributed by atoms with Crippen LogP contribution >= 0.6 is 31.9 Å². The molecule has 382 valence electrons. The number of halogens is 2. The molecule has 0 saturated heterocycles. The van der Waals surface area contributed by atoms with Crippen LogP contribution in [-0.4, -0.2) is 26.4 Å². The number of benzene rings is 3. The minimum absolute atomic E-state index is 0.594. The highest BCUT2D eigenvalue weighted by Gasteiger charge is 2.15. The van der Waals surface area contributed by atoms with Gasteiger partial charge < -0.3 is 18.9 Å². The van der Waals surface area contributed by atoms with Crippen molar-refractivity contribution in [1.82, 2.24) is 0 Å². The van der Waals surface area contributed by atoms with Crippen molar-refractivity contribution in [3.63, 3.8) is 0 Å². The molecule has 3 aromatic carbocycles. The first-order chi connectivity index (χ1) is 32.5. The molecular formula is C62H96Br2O4. The van der Waals surface area contributed by atoms with Crippen LogP contribution in [0.15, 0.2) is 57.5 Å². The Morgan fingerprint density at radius 2 is 0.574 bits per heavy atom. The van der Waals surface area contributed by atoms with Crippen molar-refractivity contribution >= 4 is 56.2 Å². The van der Waals surface area contributed by atoms with Gasteiger partial charge in [0.2, 0.25) is 0 Å². The van der Waals surface area contributed by atoms with Crippen LogP contribution in [-0.2, 0) is 0 Å². The summed E-state index contributed by atoms with van der Waals surface area (Å²) < 4.78 is 28.7. The van der Waals surface area contributed by atoms with Crippen LogP contribution in [0.2, 0.25) is 0 Å². The van der Waals surface area contributed by atoms with Gasteiger partial charge in [0.05, 0.1) is 26.4 Å². The van der Waals surface area contributed by atoms with E-state index in [1.807, 2.05) is 0 Å². The Morgan fingerprint density at radius 3 is 0.838 bits per heavy atom. The Hall–Kier alpha value is -2.70. The lowest BCUT2D eigenvalue weighted by Gasteiger charge is -2.18. The molecule has 0 saturated carbocycles. The molecule has 0 aliphatic heterocycles. The summed E-state index contributed by atoms with van der Waals surface area (Å²) in [5.41, 5.74) is 4.08. The lowest BCUT2D eigenvalue weighted by atomic mass is 9.97. The van der Waals surface area contributed by atoms with Crippen molar-refractivity contribution in [2.75, 3.05) is 26.4 Å². The fraction of sp³-hybridized carbons (Fsp3) is 0.645. The Kier molecular flexibility index (Phi) is 29.6. The first-order valence-electron chi connectivity index (χ1n) is 27.1. The molecule has 0 heterocycles. The van der Waals surface area contributed by atoms with Crippen molar-refractivity contribution in [2.24, 2.45) is 47.3 Å². The second kappa shape index (κ2) is 33.8. The van der Waals surface area contributed by atoms with E-state index < -0.39 is 0 Å². The van der Waals surface area contributed by atoms with Gasteiger partial charge in [0.15, 0.2) is 0 Å². The minimum atomic E-state index is 0.594. The highest BCUT2D eigenvalue weighted by molar-refractivity contribution is 9.10. The van der Waals surface area contributed by atoms with Crippen molar-refractivity contribution < 1.29 is 18.9 Å². The summed E-state index contributed by atoms with van der Waals surface area (Å²) in [5.74, 6) is 8.93.